The van der Waals surface area contributed by atoms with Crippen molar-refractivity contribution in [2.45, 2.75) is 32.6 Å². The number of anilines is 1. The van der Waals surface area contributed by atoms with Crippen molar-refractivity contribution in [2.75, 3.05) is 39.1 Å². The molecule has 6 heteroatoms. The molecule has 1 aliphatic heterocycles. The van der Waals surface area contributed by atoms with Crippen molar-refractivity contribution in [3.63, 3.8) is 0 Å². The second-order valence-electron chi connectivity index (χ2n) is 6.62. The van der Waals surface area contributed by atoms with Crippen molar-refractivity contribution in [1.29, 1.82) is 0 Å². The van der Waals surface area contributed by atoms with E-state index in [4.69, 9.17) is 4.74 Å². The summed E-state index contributed by atoms with van der Waals surface area (Å²) in [6.45, 7) is 3.94. The first-order chi connectivity index (χ1) is 12.0. The molecule has 0 aromatic heterocycles. The second-order valence-corrected chi connectivity index (χ2v) is 6.62. The van der Waals surface area contributed by atoms with E-state index < -0.39 is 0 Å². The molecular formula is C19H29N3O3. The molecule has 1 saturated heterocycles. The number of hydrogen-bond acceptors (Lipinski definition) is 3. The van der Waals surface area contributed by atoms with Gasteiger partial charge in [0.15, 0.2) is 0 Å². The molecule has 0 bridgehead atoms. The smallest absolute Gasteiger partial charge is 0.321 e. The number of rotatable bonds is 6. The van der Waals surface area contributed by atoms with Gasteiger partial charge in [0.1, 0.15) is 5.75 Å². The maximum atomic E-state index is 12.5. The second kappa shape index (κ2) is 9.30. The summed E-state index contributed by atoms with van der Waals surface area (Å²) in [7, 11) is 3.55. The van der Waals surface area contributed by atoms with Crippen molar-refractivity contribution < 1.29 is 14.3 Å². The fourth-order valence-corrected chi connectivity index (χ4v) is 2.91. The highest BCUT2D eigenvalue weighted by molar-refractivity contribution is 5.91. The molecular weight excluding hydrogens is 318 g/mol. The Morgan fingerprint density at radius 3 is 2.56 bits per heavy atom. The molecule has 0 atom stereocenters. The van der Waals surface area contributed by atoms with Crippen LogP contribution in [0, 0.1) is 5.92 Å². The minimum atomic E-state index is -0.137. The van der Waals surface area contributed by atoms with Gasteiger partial charge in [-0.05, 0) is 31.4 Å². The minimum absolute atomic E-state index is 0.0173. The van der Waals surface area contributed by atoms with Gasteiger partial charge in [0, 0.05) is 33.1 Å². The van der Waals surface area contributed by atoms with Gasteiger partial charge in [-0.25, -0.2) is 4.79 Å². The Kier molecular flexibility index (Phi) is 7.10. The highest BCUT2D eigenvalue weighted by Crippen LogP contribution is 2.25. The van der Waals surface area contributed by atoms with Gasteiger partial charge in [0.05, 0.1) is 12.3 Å². The molecule has 138 valence electrons. The van der Waals surface area contributed by atoms with Gasteiger partial charge < -0.3 is 19.9 Å². The third kappa shape index (κ3) is 5.37. The molecule has 1 aromatic rings. The van der Waals surface area contributed by atoms with Crippen LogP contribution in [-0.4, -0.2) is 55.5 Å². The predicted octanol–water partition coefficient (Wildman–Crippen LogP) is 3.20. The quantitative estimate of drug-likeness (QED) is 0.804. The summed E-state index contributed by atoms with van der Waals surface area (Å²) < 4.78 is 5.76. The molecule has 0 aliphatic carbocycles. The Morgan fingerprint density at radius 1 is 1.24 bits per heavy atom. The molecule has 1 N–H and O–H groups in total. The lowest BCUT2D eigenvalue weighted by Gasteiger charge is -2.32. The molecule has 0 radical (unpaired) electrons. The molecule has 1 aromatic carbocycles. The minimum Gasteiger partial charge on any atom is -0.491 e. The van der Waals surface area contributed by atoms with Gasteiger partial charge in [-0.15, -0.1) is 0 Å². The van der Waals surface area contributed by atoms with Gasteiger partial charge in [0.2, 0.25) is 5.91 Å². The average molecular weight is 347 g/mol. The van der Waals surface area contributed by atoms with Gasteiger partial charge in [0.25, 0.3) is 0 Å². The van der Waals surface area contributed by atoms with E-state index in [1.54, 1.807) is 23.9 Å². The van der Waals surface area contributed by atoms with E-state index in [9.17, 15) is 9.59 Å². The highest BCUT2D eigenvalue weighted by atomic mass is 16.5. The summed E-state index contributed by atoms with van der Waals surface area (Å²) >= 11 is 0. The number of benzene rings is 1. The Balaban J connectivity index is 1.90. The number of ether oxygens (including phenoxy) is 1. The molecule has 2 rings (SSSR count). The van der Waals surface area contributed by atoms with Gasteiger partial charge in [-0.3, -0.25) is 4.79 Å². The van der Waals surface area contributed by atoms with Crippen molar-refractivity contribution >= 4 is 17.6 Å². The first-order valence-corrected chi connectivity index (χ1v) is 9.01. The van der Waals surface area contributed by atoms with Crippen molar-refractivity contribution in [3.05, 3.63) is 24.3 Å². The third-order valence-corrected chi connectivity index (χ3v) is 4.46. The van der Waals surface area contributed by atoms with Crippen LogP contribution >= 0.6 is 0 Å². The molecule has 0 unspecified atom stereocenters. The summed E-state index contributed by atoms with van der Waals surface area (Å²) in [5, 5.41) is 2.94. The summed E-state index contributed by atoms with van der Waals surface area (Å²) in [6, 6.07) is 7.36. The molecule has 1 aliphatic rings. The first kappa shape index (κ1) is 19.1. The van der Waals surface area contributed by atoms with Crippen molar-refractivity contribution in [3.8, 4) is 5.75 Å². The number of carbonyl (C=O) groups is 2. The Labute approximate surface area is 150 Å². The normalized spacial score (nSPS) is 14.9. The number of para-hydroxylation sites is 2. The summed E-state index contributed by atoms with van der Waals surface area (Å²) in [5.74, 6) is 0.861. The van der Waals surface area contributed by atoms with Gasteiger partial charge in [-0.1, -0.05) is 25.5 Å². The number of hydrogen-bond donors (Lipinski definition) is 1. The van der Waals surface area contributed by atoms with E-state index in [0.29, 0.717) is 44.0 Å². The van der Waals surface area contributed by atoms with Crippen molar-refractivity contribution in [2.24, 2.45) is 5.92 Å². The number of carbonyl (C=O) groups excluding carboxylic acids is 2. The van der Waals surface area contributed by atoms with Gasteiger partial charge in [-0.2, -0.15) is 0 Å². The fraction of sp³-hybridized carbons (Fsp3) is 0.579. The third-order valence-electron chi connectivity index (χ3n) is 4.46. The monoisotopic (exact) mass is 347 g/mol. The number of nitrogens with zero attached hydrogens (tertiary/aromatic N) is 2. The van der Waals surface area contributed by atoms with Crippen LogP contribution in [0.15, 0.2) is 24.3 Å². The fourth-order valence-electron chi connectivity index (χ4n) is 2.91. The maximum Gasteiger partial charge on any atom is 0.321 e. The van der Waals surface area contributed by atoms with Crippen LogP contribution in [0.1, 0.15) is 32.6 Å². The standard InChI is InChI=1S/C19H29N3O3/c1-4-5-14-25-17-9-7-6-8-16(17)20-19(24)22-12-10-15(11-13-22)18(23)21(2)3/h6-9,15H,4-5,10-14H2,1-3H3,(H,20,24). The number of unbranched alkanes of at least 4 members (excludes halogenated alkanes) is 1. The lowest BCUT2D eigenvalue weighted by Crippen LogP contribution is -2.44. The molecule has 6 nitrogen and oxygen atoms in total. The zero-order valence-corrected chi connectivity index (χ0v) is 15.5. The summed E-state index contributed by atoms with van der Waals surface area (Å²) in [6.07, 6.45) is 3.46. The van der Waals surface area contributed by atoms with Crippen LogP contribution in [0.25, 0.3) is 0 Å². The number of piperidine rings is 1. The van der Waals surface area contributed by atoms with E-state index in [1.807, 2.05) is 24.3 Å². The van der Waals surface area contributed by atoms with Crippen LogP contribution < -0.4 is 10.1 Å². The Hall–Kier alpha value is -2.24. The zero-order chi connectivity index (χ0) is 18.2. The van der Waals surface area contributed by atoms with Crippen LogP contribution in [-0.2, 0) is 4.79 Å². The summed E-state index contributed by atoms with van der Waals surface area (Å²) in [5.41, 5.74) is 0.690. The van der Waals surface area contributed by atoms with E-state index in [1.165, 1.54) is 0 Å². The largest absolute Gasteiger partial charge is 0.491 e. The number of nitrogens with one attached hydrogen (secondary N) is 1. The molecule has 25 heavy (non-hydrogen) atoms. The lowest BCUT2D eigenvalue weighted by atomic mass is 9.96. The van der Waals surface area contributed by atoms with Crippen LogP contribution in [0.4, 0.5) is 10.5 Å². The van der Waals surface area contributed by atoms with Crippen molar-refractivity contribution in [1.82, 2.24) is 9.80 Å². The molecule has 1 heterocycles. The Morgan fingerprint density at radius 2 is 1.92 bits per heavy atom. The summed E-state index contributed by atoms with van der Waals surface area (Å²) in [4.78, 5) is 27.9. The van der Waals surface area contributed by atoms with Gasteiger partial charge >= 0.3 is 6.03 Å². The molecule has 0 saturated carbocycles. The molecule has 0 spiro atoms. The number of amides is 3. The lowest BCUT2D eigenvalue weighted by molar-refractivity contribution is -0.134. The van der Waals surface area contributed by atoms with Crippen LogP contribution in [0.2, 0.25) is 0 Å². The zero-order valence-electron chi connectivity index (χ0n) is 15.5. The van der Waals surface area contributed by atoms with E-state index in [2.05, 4.69) is 12.2 Å². The van der Waals surface area contributed by atoms with E-state index in [-0.39, 0.29) is 17.9 Å². The number of likely N-dealkylation sites (tertiary alicyclic amines) is 1. The van der Waals surface area contributed by atoms with Crippen LogP contribution in [0.5, 0.6) is 5.75 Å². The van der Waals surface area contributed by atoms with E-state index >= 15 is 0 Å². The molecule has 3 amide bonds. The molecule has 1 fully saturated rings. The predicted molar refractivity (Wildman–Crippen MR) is 98.9 cm³/mol. The number of urea groups is 1. The Bertz CT molecular complexity index is 581. The average Bonchev–Trinajstić information content (AvgIpc) is 2.62. The van der Waals surface area contributed by atoms with Crippen LogP contribution in [0.3, 0.4) is 0 Å². The van der Waals surface area contributed by atoms with E-state index in [0.717, 1.165) is 12.8 Å². The highest BCUT2D eigenvalue weighted by Gasteiger charge is 2.28. The SMILES string of the molecule is CCCCOc1ccccc1NC(=O)N1CCC(C(=O)N(C)C)CC1. The maximum absolute atomic E-state index is 12.5. The topological polar surface area (TPSA) is 61.9 Å². The first-order valence-electron chi connectivity index (χ1n) is 9.01.